The van der Waals surface area contributed by atoms with Gasteiger partial charge in [-0.25, -0.2) is 4.98 Å². The van der Waals surface area contributed by atoms with Crippen LogP contribution in [0, 0.1) is 12.8 Å². The number of piperidine rings is 1. The van der Waals surface area contributed by atoms with Crippen molar-refractivity contribution in [3.8, 4) is 0 Å². The van der Waals surface area contributed by atoms with Gasteiger partial charge in [-0.2, -0.15) is 0 Å². The summed E-state index contributed by atoms with van der Waals surface area (Å²) in [6, 6.07) is 0.928. The molecule has 0 bridgehead atoms. The first-order chi connectivity index (χ1) is 7.58. The highest BCUT2D eigenvalue weighted by Crippen LogP contribution is 2.25. The van der Waals surface area contributed by atoms with E-state index in [1.807, 2.05) is 6.20 Å². The van der Waals surface area contributed by atoms with Gasteiger partial charge in [-0.05, 0) is 26.2 Å². The van der Waals surface area contributed by atoms with Crippen molar-refractivity contribution in [1.82, 2.24) is 9.88 Å². The molecule has 1 saturated heterocycles. The molecular formula is C12H21N3S. The fourth-order valence-corrected chi connectivity index (χ4v) is 3.16. The summed E-state index contributed by atoms with van der Waals surface area (Å²) in [6.45, 7) is 8.74. The molecule has 0 amide bonds. The Hall–Kier alpha value is -0.450. The third kappa shape index (κ3) is 2.44. The van der Waals surface area contributed by atoms with E-state index in [0.29, 0.717) is 18.0 Å². The molecule has 2 rings (SSSR count). The lowest BCUT2D eigenvalue weighted by atomic mass is 9.88. The minimum absolute atomic E-state index is 0.365. The lowest BCUT2D eigenvalue weighted by molar-refractivity contribution is 0.0909. The predicted octanol–water partition coefficient (Wildman–Crippen LogP) is 2.01. The normalized spacial score (nSPS) is 31.9. The van der Waals surface area contributed by atoms with Crippen molar-refractivity contribution in [2.75, 3.05) is 6.54 Å². The van der Waals surface area contributed by atoms with Crippen LogP contribution in [0.15, 0.2) is 6.20 Å². The second-order valence-corrected chi connectivity index (χ2v) is 6.21. The molecule has 0 aromatic carbocycles. The Labute approximate surface area is 102 Å². The molecule has 4 heteroatoms. The zero-order chi connectivity index (χ0) is 11.7. The van der Waals surface area contributed by atoms with E-state index in [1.54, 1.807) is 11.3 Å². The molecule has 2 N–H and O–H groups in total. The van der Waals surface area contributed by atoms with Gasteiger partial charge in [0.15, 0.2) is 0 Å². The molecule has 0 radical (unpaired) electrons. The summed E-state index contributed by atoms with van der Waals surface area (Å²) in [7, 11) is 0. The number of thiazole rings is 1. The van der Waals surface area contributed by atoms with Gasteiger partial charge in [0.2, 0.25) is 0 Å². The number of rotatable bonds is 2. The first-order valence-corrected chi connectivity index (χ1v) is 6.80. The van der Waals surface area contributed by atoms with Gasteiger partial charge in [0.1, 0.15) is 5.01 Å². The van der Waals surface area contributed by atoms with Gasteiger partial charge < -0.3 is 5.73 Å². The van der Waals surface area contributed by atoms with Crippen LogP contribution in [-0.2, 0) is 6.54 Å². The Morgan fingerprint density at radius 2 is 2.31 bits per heavy atom. The van der Waals surface area contributed by atoms with Crippen molar-refractivity contribution < 1.29 is 0 Å². The summed E-state index contributed by atoms with van der Waals surface area (Å²) in [5, 5.41) is 1.23. The topological polar surface area (TPSA) is 42.2 Å². The Kier molecular flexibility index (Phi) is 3.62. The van der Waals surface area contributed by atoms with Crippen LogP contribution in [0.3, 0.4) is 0 Å². The maximum atomic E-state index is 6.09. The molecule has 90 valence electrons. The van der Waals surface area contributed by atoms with Crippen molar-refractivity contribution in [1.29, 1.82) is 0 Å². The van der Waals surface area contributed by atoms with Gasteiger partial charge in [-0.3, -0.25) is 4.90 Å². The third-order valence-corrected chi connectivity index (χ3v) is 4.67. The first kappa shape index (κ1) is 12.0. The lowest BCUT2D eigenvalue weighted by Gasteiger charge is -2.40. The fraction of sp³-hybridized carbons (Fsp3) is 0.750. The van der Waals surface area contributed by atoms with Crippen LogP contribution in [0.4, 0.5) is 0 Å². The fourth-order valence-electron chi connectivity index (χ4n) is 2.34. The van der Waals surface area contributed by atoms with Crippen molar-refractivity contribution in [2.45, 2.75) is 45.8 Å². The largest absolute Gasteiger partial charge is 0.327 e. The van der Waals surface area contributed by atoms with E-state index >= 15 is 0 Å². The molecule has 16 heavy (non-hydrogen) atoms. The first-order valence-electron chi connectivity index (χ1n) is 5.99. The van der Waals surface area contributed by atoms with Crippen molar-refractivity contribution >= 4 is 11.3 Å². The summed E-state index contributed by atoms with van der Waals surface area (Å²) in [4.78, 5) is 8.24. The second kappa shape index (κ2) is 4.82. The van der Waals surface area contributed by atoms with E-state index in [-0.39, 0.29) is 0 Å². The SMILES string of the molecule is Cc1cnc(CN2CCC(N)C(C)C2C)s1. The van der Waals surface area contributed by atoms with Gasteiger partial charge in [0.05, 0.1) is 6.54 Å². The molecule has 1 aromatic rings. The van der Waals surface area contributed by atoms with Gasteiger partial charge in [-0.15, -0.1) is 11.3 Å². The Balaban J connectivity index is 2.00. The van der Waals surface area contributed by atoms with E-state index in [4.69, 9.17) is 5.73 Å². The molecule has 2 heterocycles. The summed E-state index contributed by atoms with van der Waals surface area (Å²) in [5.74, 6) is 0.579. The van der Waals surface area contributed by atoms with Crippen LogP contribution < -0.4 is 5.73 Å². The van der Waals surface area contributed by atoms with E-state index < -0.39 is 0 Å². The highest BCUT2D eigenvalue weighted by atomic mass is 32.1. The zero-order valence-corrected chi connectivity index (χ0v) is 11.1. The second-order valence-electron chi connectivity index (χ2n) is 4.89. The molecule has 1 aliphatic heterocycles. The minimum Gasteiger partial charge on any atom is -0.327 e. The molecular weight excluding hydrogens is 218 g/mol. The van der Waals surface area contributed by atoms with Gasteiger partial charge in [-0.1, -0.05) is 6.92 Å². The average molecular weight is 239 g/mol. The molecule has 0 aliphatic carbocycles. The van der Waals surface area contributed by atoms with Crippen molar-refractivity contribution in [2.24, 2.45) is 11.7 Å². The highest BCUT2D eigenvalue weighted by Gasteiger charge is 2.30. The van der Waals surface area contributed by atoms with Crippen LogP contribution in [0.1, 0.15) is 30.2 Å². The summed E-state index contributed by atoms with van der Waals surface area (Å²) in [6.07, 6.45) is 3.07. The highest BCUT2D eigenvalue weighted by molar-refractivity contribution is 7.11. The molecule has 1 fully saturated rings. The Bertz CT molecular complexity index is 350. The van der Waals surface area contributed by atoms with Gasteiger partial charge >= 0.3 is 0 Å². The standard InChI is InChI=1S/C12H21N3S/c1-8-6-14-12(16-8)7-15-5-4-11(13)9(2)10(15)3/h6,9-11H,4-5,7,13H2,1-3H3. The number of hydrogen-bond acceptors (Lipinski definition) is 4. The Morgan fingerprint density at radius 3 is 2.94 bits per heavy atom. The summed E-state index contributed by atoms with van der Waals surface area (Å²) < 4.78 is 0. The third-order valence-electron chi connectivity index (χ3n) is 3.77. The number of likely N-dealkylation sites (tertiary alicyclic amines) is 1. The number of aryl methyl sites for hydroxylation is 1. The van der Waals surface area contributed by atoms with Gasteiger partial charge in [0.25, 0.3) is 0 Å². The monoisotopic (exact) mass is 239 g/mol. The van der Waals surface area contributed by atoms with E-state index in [2.05, 4.69) is 30.7 Å². The van der Waals surface area contributed by atoms with E-state index in [1.165, 1.54) is 9.88 Å². The number of aromatic nitrogens is 1. The molecule has 0 spiro atoms. The summed E-state index contributed by atoms with van der Waals surface area (Å²) in [5.41, 5.74) is 6.09. The predicted molar refractivity (Wildman–Crippen MR) is 68.5 cm³/mol. The molecule has 1 aromatic heterocycles. The number of nitrogens with zero attached hydrogens (tertiary/aromatic N) is 2. The lowest BCUT2D eigenvalue weighted by Crippen LogP contribution is -2.51. The smallest absolute Gasteiger partial charge is 0.107 e. The maximum Gasteiger partial charge on any atom is 0.107 e. The number of nitrogens with two attached hydrogens (primary N) is 1. The number of hydrogen-bond donors (Lipinski definition) is 1. The quantitative estimate of drug-likeness (QED) is 0.858. The van der Waals surface area contributed by atoms with Crippen LogP contribution in [0.2, 0.25) is 0 Å². The van der Waals surface area contributed by atoms with Crippen molar-refractivity contribution in [3.05, 3.63) is 16.1 Å². The zero-order valence-electron chi connectivity index (χ0n) is 10.3. The van der Waals surface area contributed by atoms with E-state index in [0.717, 1.165) is 19.5 Å². The van der Waals surface area contributed by atoms with Gasteiger partial charge in [0, 0.05) is 29.7 Å². The molecule has 3 unspecified atom stereocenters. The van der Waals surface area contributed by atoms with Crippen LogP contribution in [0.25, 0.3) is 0 Å². The molecule has 3 atom stereocenters. The molecule has 3 nitrogen and oxygen atoms in total. The maximum absolute atomic E-state index is 6.09. The minimum atomic E-state index is 0.365. The molecule has 0 saturated carbocycles. The van der Waals surface area contributed by atoms with Crippen LogP contribution in [-0.4, -0.2) is 28.5 Å². The average Bonchev–Trinajstić information content (AvgIpc) is 2.65. The van der Waals surface area contributed by atoms with Crippen molar-refractivity contribution in [3.63, 3.8) is 0 Å². The van der Waals surface area contributed by atoms with E-state index in [9.17, 15) is 0 Å². The molecule has 1 aliphatic rings. The van der Waals surface area contributed by atoms with Crippen LogP contribution in [0.5, 0.6) is 0 Å². The Morgan fingerprint density at radius 1 is 1.56 bits per heavy atom. The summed E-state index contributed by atoms with van der Waals surface area (Å²) >= 11 is 1.80. The van der Waals surface area contributed by atoms with Crippen LogP contribution >= 0.6 is 11.3 Å².